The summed E-state index contributed by atoms with van der Waals surface area (Å²) in [6.45, 7) is 8.22. The van der Waals surface area contributed by atoms with Gasteiger partial charge in [0.2, 0.25) is 0 Å². The molecular weight excluding hydrogens is 250 g/mol. The maximum atomic E-state index is 4.63. The highest BCUT2D eigenvalue weighted by molar-refractivity contribution is 7.12. The molecule has 2 heterocycles. The minimum Gasteiger partial charge on any atom is -0.310 e. The number of nitrogens with zero attached hydrogens (tertiary/aromatic N) is 2. The van der Waals surface area contributed by atoms with E-state index < -0.39 is 0 Å². The molecule has 0 aliphatic heterocycles. The van der Waals surface area contributed by atoms with Gasteiger partial charge in [0.25, 0.3) is 0 Å². The van der Waals surface area contributed by atoms with E-state index in [-0.39, 0.29) is 0 Å². The third-order valence-corrected chi connectivity index (χ3v) is 4.14. The lowest BCUT2D eigenvalue weighted by atomic mass is 10.3. The number of thiazole rings is 2. The van der Waals surface area contributed by atoms with Crippen LogP contribution in [-0.2, 0) is 6.54 Å². The predicted octanol–water partition coefficient (Wildman–Crippen LogP) is 3.38. The zero-order chi connectivity index (χ0) is 12.3. The van der Waals surface area contributed by atoms with Gasteiger partial charge in [0, 0.05) is 16.8 Å². The van der Waals surface area contributed by atoms with Crippen molar-refractivity contribution in [2.45, 2.75) is 33.7 Å². The molecule has 92 valence electrons. The first kappa shape index (κ1) is 12.7. The summed E-state index contributed by atoms with van der Waals surface area (Å²) in [4.78, 5) is 10.4. The van der Waals surface area contributed by atoms with Gasteiger partial charge in [-0.05, 0) is 26.8 Å². The lowest BCUT2D eigenvalue weighted by Gasteiger charge is -1.97. The minimum atomic E-state index is 0.862. The van der Waals surface area contributed by atoms with Crippen molar-refractivity contribution >= 4 is 22.7 Å². The summed E-state index contributed by atoms with van der Waals surface area (Å²) in [5.41, 5.74) is 2.07. The van der Waals surface area contributed by atoms with Crippen LogP contribution in [0.25, 0.3) is 11.4 Å². The second-order valence-electron chi connectivity index (χ2n) is 3.94. The molecule has 0 radical (unpaired) electrons. The quantitative estimate of drug-likeness (QED) is 0.844. The lowest BCUT2D eigenvalue weighted by Crippen LogP contribution is -2.13. The van der Waals surface area contributed by atoms with E-state index in [2.05, 4.69) is 34.5 Å². The number of aromatic nitrogens is 2. The van der Waals surface area contributed by atoms with Crippen molar-refractivity contribution in [3.8, 4) is 11.4 Å². The van der Waals surface area contributed by atoms with Gasteiger partial charge in [-0.3, -0.25) is 0 Å². The molecule has 0 saturated carbocycles. The molecule has 0 aliphatic carbocycles. The zero-order valence-corrected chi connectivity index (χ0v) is 12.0. The molecule has 2 rings (SSSR count). The van der Waals surface area contributed by atoms with E-state index in [9.17, 15) is 0 Å². The summed E-state index contributed by atoms with van der Waals surface area (Å²) in [6, 6.07) is 0. The number of rotatable bonds is 5. The highest BCUT2D eigenvalue weighted by atomic mass is 32.1. The van der Waals surface area contributed by atoms with E-state index in [0.717, 1.165) is 40.9 Å². The molecule has 0 amide bonds. The molecule has 2 aromatic rings. The van der Waals surface area contributed by atoms with Crippen LogP contribution >= 0.6 is 22.7 Å². The third kappa shape index (κ3) is 3.12. The van der Waals surface area contributed by atoms with Gasteiger partial charge in [0.05, 0.1) is 5.01 Å². The topological polar surface area (TPSA) is 37.8 Å². The van der Waals surface area contributed by atoms with Gasteiger partial charge in [-0.1, -0.05) is 6.92 Å². The first-order valence-electron chi connectivity index (χ1n) is 5.80. The van der Waals surface area contributed by atoms with Crippen LogP contribution < -0.4 is 5.32 Å². The van der Waals surface area contributed by atoms with Crippen LogP contribution in [-0.4, -0.2) is 16.5 Å². The van der Waals surface area contributed by atoms with Crippen LogP contribution in [0, 0.1) is 13.8 Å². The SMILES string of the molecule is CCCNCc1nc(-c2nc(C)sc2C)cs1. The summed E-state index contributed by atoms with van der Waals surface area (Å²) in [5, 5.41) is 7.71. The Morgan fingerprint density at radius 1 is 1.29 bits per heavy atom. The Kier molecular flexibility index (Phi) is 4.25. The van der Waals surface area contributed by atoms with Gasteiger partial charge >= 0.3 is 0 Å². The molecule has 17 heavy (non-hydrogen) atoms. The van der Waals surface area contributed by atoms with Crippen molar-refractivity contribution in [2.75, 3.05) is 6.54 Å². The average Bonchev–Trinajstić information content (AvgIpc) is 2.86. The maximum Gasteiger partial charge on any atom is 0.107 e. The molecule has 2 aromatic heterocycles. The van der Waals surface area contributed by atoms with Gasteiger partial charge in [0.15, 0.2) is 0 Å². The van der Waals surface area contributed by atoms with Crippen molar-refractivity contribution in [3.63, 3.8) is 0 Å². The fraction of sp³-hybridized carbons (Fsp3) is 0.500. The smallest absolute Gasteiger partial charge is 0.107 e. The molecule has 0 saturated heterocycles. The van der Waals surface area contributed by atoms with Crippen molar-refractivity contribution in [1.82, 2.24) is 15.3 Å². The van der Waals surface area contributed by atoms with Gasteiger partial charge in [-0.2, -0.15) is 0 Å². The summed E-state index contributed by atoms with van der Waals surface area (Å²) in [5.74, 6) is 0. The van der Waals surface area contributed by atoms with Crippen LogP contribution in [0.2, 0.25) is 0 Å². The second-order valence-corrected chi connectivity index (χ2v) is 6.29. The molecule has 3 nitrogen and oxygen atoms in total. The first-order chi connectivity index (χ1) is 8.20. The van der Waals surface area contributed by atoms with E-state index in [1.807, 2.05) is 6.92 Å². The van der Waals surface area contributed by atoms with Gasteiger partial charge in [0.1, 0.15) is 16.4 Å². The number of aryl methyl sites for hydroxylation is 2. The summed E-state index contributed by atoms with van der Waals surface area (Å²) >= 11 is 3.44. The molecule has 0 fully saturated rings. The van der Waals surface area contributed by atoms with Crippen LogP contribution in [0.1, 0.15) is 28.2 Å². The lowest BCUT2D eigenvalue weighted by molar-refractivity contribution is 0.673. The summed E-state index contributed by atoms with van der Waals surface area (Å²) in [6.07, 6.45) is 1.16. The molecule has 0 unspecified atom stereocenters. The van der Waals surface area contributed by atoms with Crippen LogP contribution in [0.15, 0.2) is 5.38 Å². The highest BCUT2D eigenvalue weighted by Gasteiger charge is 2.11. The van der Waals surface area contributed by atoms with Gasteiger partial charge < -0.3 is 5.32 Å². The van der Waals surface area contributed by atoms with Gasteiger partial charge in [-0.25, -0.2) is 9.97 Å². The standard InChI is InChI=1S/C12H17N3S2/c1-4-5-13-6-11-15-10(7-16-11)12-8(2)17-9(3)14-12/h7,13H,4-6H2,1-3H3. The Bertz CT molecular complexity index is 488. The van der Waals surface area contributed by atoms with E-state index in [4.69, 9.17) is 0 Å². The zero-order valence-electron chi connectivity index (χ0n) is 10.4. The number of nitrogens with one attached hydrogen (secondary N) is 1. The second kappa shape index (κ2) is 5.71. The Balaban J connectivity index is 2.10. The molecule has 5 heteroatoms. The van der Waals surface area contributed by atoms with E-state index in [1.54, 1.807) is 22.7 Å². The minimum absolute atomic E-state index is 0.862. The van der Waals surface area contributed by atoms with E-state index in [1.165, 1.54) is 4.88 Å². The number of hydrogen-bond acceptors (Lipinski definition) is 5. The fourth-order valence-corrected chi connectivity index (χ4v) is 3.21. The van der Waals surface area contributed by atoms with Gasteiger partial charge in [-0.15, -0.1) is 22.7 Å². The van der Waals surface area contributed by atoms with E-state index in [0.29, 0.717) is 0 Å². The highest BCUT2D eigenvalue weighted by Crippen LogP contribution is 2.28. The average molecular weight is 267 g/mol. The normalized spacial score (nSPS) is 11.0. The summed E-state index contributed by atoms with van der Waals surface area (Å²) < 4.78 is 0. The first-order valence-corrected chi connectivity index (χ1v) is 7.50. The third-order valence-electron chi connectivity index (χ3n) is 2.40. The maximum absolute atomic E-state index is 4.63. The molecule has 0 spiro atoms. The predicted molar refractivity (Wildman–Crippen MR) is 74.7 cm³/mol. The van der Waals surface area contributed by atoms with Crippen LogP contribution in [0.5, 0.6) is 0 Å². The Labute approximate surface area is 110 Å². The molecule has 0 aromatic carbocycles. The molecule has 0 bridgehead atoms. The molecule has 1 N–H and O–H groups in total. The molecule has 0 aliphatic rings. The Hall–Kier alpha value is -0.780. The summed E-state index contributed by atoms with van der Waals surface area (Å²) in [7, 11) is 0. The molecular formula is C12H17N3S2. The number of hydrogen-bond donors (Lipinski definition) is 1. The molecule has 0 atom stereocenters. The van der Waals surface area contributed by atoms with E-state index >= 15 is 0 Å². The van der Waals surface area contributed by atoms with Crippen molar-refractivity contribution in [1.29, 1.82) is 0 Å². The van der Waals surface area contributed by atoms with Crippen molar-refractivity contribution < 1.29 is 0 Å². The Morgan fingerprint density at radius 2 is 2.12 bits per heavy atom. The van der Waals surface area contributed by atoms with Crippen molar-refractivity contribution in [3.05, 3.63) is 20.3 Å². The van der Waals surface area contributed by atoms with Crippen LogP contribution in [0.3, 0.4) is 0 Å². The van der Waals surface area contributed by atoms with Crippen LogP contribution in [0.4, 0.5) is 0 Å². The largest absolute Gasteiger partial charge is 0.310 e. The monoisotopic (exact) mass is 267 g/mol. The van der Waals surface area contributed by atoms with Crippen molar-refractivity contribution in [2.24, 2.45) is 0 Å². The fourth-order valence-electron chi connectivity index (χ4n) is 1.64. The Morgan fingerprint density at radius 3 is 2.76 bits per heavy atom.